The van der Waals surface area contributed by atoms with Crippen LogP contribution in [0.2, 0.25) is 10.0 Å². The van der Waals surface area contributed by atoms with E-state index in [9.17, 15) is 0 Å². The zero-order valence-corrected chi connectivity index (χ0v) is 53.4. The fraction of sp³-hybridized carbons (Fsp3) is 0.114. The molecule has 5 heteroatoms. The van der Waals surface area contributed by atoms with Crippen molar-refractivity contribution >= 4 is 69.5 Å². The Labute approximate surface area is 532 Å². The molecular weight excluding hydrogens is 1180 g/mol. The number of halogens is 4. The average molecular weight is 1240 g/mol. The molecule has 0 atom stereocenters. The van der Waals surface area contributed by atoms with Crippen LogP contribution in [0.4, 0.5) is 0 Å². The molecule has 412 valence electrons. The van der Waals surface area contributed by atoms with Gasteiger partial charge < -0.3 is 24.8 Å². The second-order valence-electron chi connectivity index (χ2n) is 23.5. The maximum absolute atomic E-state index is 6.17. The maximum Gasteiger partial charge on any atom is -0.172 e. The first-order chi connectivity index (χ1) is 39.7. The Morgan fingerprint density at radius 1 is 0.393 bits per heavy atom. The number of fused-ring (bicyclic) bond motifs is 9. The van der Waals surface area contributed by atoms with Crippen molar-refractivity contribution in [3.8, 4) is 55.6 Å². The molecule has 0 amide bonds. The van der Waals surface area contributed by atoms with Crippen molar-refractivity contribution in [2.45, 2.75) is 58.8 Å². The third kappa shape index (κ3) is 12.1. The predicted molar refractivity (Wildman–Crippen MR) is 351 cm³/mol. The van der Waals surface area contributed by atoms with E-state index in [1.165, 1.54) is 148 Å². The topological polar surface area (TPSA) is 0 Å². The Kier molecular flexibility index (Phi) is 18.1. The van der Waals surface area contributed by atoms with Crippen LogP contribution in [0.25, 0.3) is 98.7 Å². The van der Waals surface area contributed by atoms with Crippen molar-refractivity contribution in [1.29, 1.82) is 0 Å². The first kappa shape index (κ1) is 60.1. The summed E-state index contributed by atoms with van der Waals surface area (Å²) in [6, 6.07) is 95.7. The molecule has 0 bridgehead atoms. The molecule has 0 heterocycles. The predicted octanol–water partition coefficient (Wildman–Crippen LogP) is 16.5. The molecule has 14 rings (SSSR count). The van der Waals surface area contributed by atoms with E-state index in [4.69, 9.17) is 23.2 Å². The summed E-state index contributed by atoms with van der Waals surface area (Å²) in [6.07, 6.45) is 0.857. The fourth-order valence-electron chi connectivity index (χ4n) is 11.9. The molecule has 13 aromatic rings. The molecule has 1 aliphatic rings. The van der Waals surface area contributed by atoms with Crippen LogP contribution in [0.3, 0.4) is 0 Å². The third-order valence-corrected chi connectivity index (χ3v) is 18.0. The van der Waals surface area contributed by atoms with Gasteiger partial charge in [0.05, 0.1) is 0 Å². The van der Waals surface area contributed by atoms with Gasteiger partial charge in [0.2, 0.25) is 0 Å². The summed E-state index contributed by atoms with van der Waals surface area (Å²) in [4.78, 5) is 0. The van der Waals surface area contributed by atoms with E-state index < -0.39 is 0 Å². The van der Waals surface area contributed by atoms with Gasteiger partial charge in [-0.15, -0.1) is 28.8 Å². The molecule has 0 nitrogen and oxygen atoms in total. The molecule has 1 aliphatic carbocycles. The van der Waals surface area contributed by atoms with Crippen LogP contribution in [-0.2, 0) is 41.5 Å². The molecule has 0 fully saturated rings. The van der Waals surface area contributed by atoms with Crippen molar-refractivity contribution < 1.29 is 49.0 Å². The van der Waals surface area contributed by atoms with E-state index in [1.54, 1.807) is 0 Å². The molecule has 0 aromatic heterocycles. The minimum atomic E-state index is -0.100. The monoisotopic (exact) mass is 1240 g/mol. The van der Waals surface area contributed by atoms with Crippen molar-refractivity contribution in [3.63, 3.8) is 0 Å². The van der Waals surface area contributed by atoms with E-state index in [1.807, 2.05) is 78.9 Å². The van der Waals surface area contributed by atoms with Gasteiger partial charge in [0.25, 0.3) is 0 Å². The van der Waals surface area contributed by atoms with Crippen LogP contribution in [0.15, 0.2) is 255 Å². The van der Waals surface area contributed by atoms with Gasteiger partial charge in [0.15, 0.2) is 0 Å². The van der Waals surface area contributed by atoms with Crippen molar-refractivity contribution in [3.05, 3.63) is 304 Å². The molecule has 0 saturated carbocycles. The minimum Gasteiger partial charge on any atom is -1.00 e. The quantitative estimate of drug-likeness (QED) is 0.115. The van der Waals surface area contributed by atoms with E-state index in [0.29, 0.717) is 0 Å². The van der Waals surface area contributed by atoms with E-state index in [2.05, 4.69) is 224 Å². The summed E-state index contributed by atoms with van der Waals surface area (Å²) >= 11 is 13.6. The molecule has 0 aliphatic heterocycles. The van der Waals surface area contributed by atoms with Gasteiger partial charge in [-0.1, -0.05) is 222 Å². The Hall–Kier alpha value is -7.06. The van der Waals surface area contributed by atoms with Crippen LogP contribution >= 0.6 is 23.2 Å². The number of hydrogen-bond acceptors (Lipinski definition) is 0. The normalized spacial score (nSPS) is 11.6. The summed E-state index contributed by atoms with van der Waals surface area (Å²) in [5.41, 5.74) is 20.0. The summed E-state index contributed by atoms with van der Waals surface area (Å²) < 4.78 is 1.18. The second-order valence-corrected chi connectivity index (χ2v) is 25.6. The minimum absolute atomic E-state index is 0. The standard InChI is InChI=1S/C61H49.C13H8Cl2.C5H5.2ClH.Zr/c1-60(2,3)58-36-54-44(34-56(58)52-21-13-11-19-48(52)42-27-29-50-40(31-42)25-23-38-15-7-9-17-46(38)50)33-45-35-57(59(37-55(45)54)61(4,5)6)53-22-14-12-20-49(53)43-28-30-51-41(32-43)26-24-39-16-8-10-18-47(39)51;14-12-7-3-1-5-10(12)9-11-6-2-4-8-13(11)15;1-2-4-5-3-1;;;/h7-32,34,36-37H,33H2,1-6H3;1-8H;1-5H;2*1H;/q-1;;-1;;;+2/p-2. The summed E-state index contributed by atoms with van der Waals surface area (Å²) in [5.74, 6) is 0. The molecule has 0 N–H and O–H groups in total. The van der Waals surface area contributed by atoms with Crippen LogP contribution in [-0.4, -0.2) is 3.21 Å². The Balaban J connectivity index is 0.000000287. The van der Waals surface area contributed by atoms with Crippen molar-refractivity contribution in [2.24, 2.45) is 0 Å². The van der Waals surface area contributed by atoms with Crippen molar-refractivity contribution in [1.82, 2.24) is 0 Å². The SMILES string of the molecule is CC(C)(C)c1cc2c([c-]c1-c1ccccc1-c1ccc3c(ccc4ccccc43)c1)Cc1cc(-c3ccccc3-c3ccc4c(ccc5ccccc54)c3)c(C(C)(C)C)cc1-2.Clc1ccccc1[C](=[Zr+2])c1ccccc1Cl.[Cl-].[Cl-].c1cc[cH-]c1. The van der Waals surface area contributed by atoms with Gasteiger partial charge in [0, 0.05) is 0 Å². The zero-order chi connectivity index (χ0) is 56.7. The van der Waals surface area contributed by atoms with E-state index in [-0.39, 0.29) is 35.6 Å². The largest absolute Gasteiger partial charge is 1.00 e. The van der Waals surface area contributed by atoms with Gasteiger partial charge in [-0.05, 0) is 111 Å². The van der Waals surface area contributed by atoms with Crippen molar-refractivity contribution in [2.75, 3.05) is 0 Å². The van der Waals surface area contributed by atoms with Crippen LogP contribution in [0.1, 0.15) is 74.9 Å². The Morgan fingerprint density at radius 3 is 1.32 bits per heavy atom. The first-order valence-corrected chi connectivity index (χ1v) is 30.2. The molecule has 0 spiro atoms. The maximum atomic E-state index is 6.17. The number of benzene rings is 12. The third-order valence-electron chi connectivity index (χ3n) is 16.0. The molecule has 84 heavy (non-hydrogen) atoms. The summed E-state index contributed by atoms with van der Waals surface area (Å²) in [7, 11) is 0. The smallest absolute Gasteiger partial charge is 0.172 e. The van der Waals surface area contributed by atoms with Crippen LogP contribution in [0.5, 0.6) is 0 Å². The van der Waals surface area contributed by atoms with Gasteiger partial charge in [-0.3, -0.25) is 0 Å². The molecule has 0 unspecified atom stereocenters. The number of rotatable bonds is 6. The van der Waals surface area contributed by atoms with Crippen LogP contribution < -0.4 is 24.8 Å². The Morgan fingerprint density at radius 2 is 0.821 bits per heavy atom. The molecule has 13 aromatic carbocycles. The molecule has 0 radical (unpaired) electrons. The Bertz CT molecular complexity index is 4260. The van der Waals surface area contributed by atoms with E-state index >= 15 is 0 Å². The fourth-order valence-corrected chi connectivity index (χ4v) is 13.8. The second kappa shape index (κ2) is 25.3. The summed E-state index contributed by atoms with van der Waals surface area (Å²) in [5, 5.41) is 11.8. The average Bonchev–Trinajstić information content (AvgIpc) is 1.80. The van der Waals surface area contributed by atoms with Crippen LogP contribution in [0, 0.1) is 6.07 Å². The van der Waals surface area contributed by atoms with Gasteiger partial charge >= 0.3 is 120 Å². The molecular formula is C79H62Cl4Zr-2. The van der Waals surface area contributed by atoms with Gasteiger partial charge in [-0.2, -0.15) is 18.2 Å². The zero-order valence-electron chi connectivity index (χ0n) is 48.0. The van der Waals surface area contributed by atoms with Gasteiger partial charge in [0.1, 0.15) is 0 Å². The number of hydrogen-bond donors (Lipinski definition) is 0. The first-order valence-electron chi connectivity index (χ1n) is 28.2. The van der Waals surface area contributed by atoms with E-state index in [0.717, 1.165) is 27.6 Å². The molecule has 0 saturated heterocycles. The summed E-state index contributed by atoms with van der Waals surface area (Å²) in [6.45, 7) is 14.1. The van der Waals surface area contributed by atoms with Gasteiger partial charge in [-0.25, -0.2) is 12.1 Å².